The third-order valence-corrected chi connectivity index (χ3v) is 5.64. The van der Waals surface area contributed by atoms with Crippen molar-refractivity contribution in [3.05, 3.63) is 48.0 Å². The molecule has 0 bridgehead atoms. The van der Waals surface area contributed by atoms with Crippen LogP contribution in [0, 0.1) is 5.92 Å². The highest BCUT2D eigenvalue weighted by Gasteiger charge is 2.18. The summed E-state index contributed by atoms with van der Waals surface area (Å²) in [6.07, 6.45) is 3.14. The summed E-state index contributed by atoms with van der Waals surface area (Å²) in [4.78, 5) is 29.1. The summed E-state index contributed by atoms with van der Waals surface area (Å²) in [5, 5.41) is 13.0. The van der Waals surface area contributed by atoms with Gasteiger partial charge in [-0.3, -0.25) is 14.7 Å². The maximum Gasteiger partial charge on any atom is 0.288 e. The molecule has 0 aliphatic rings. The first-order chi connectivity index (χ1) is 15.3. The molecule has 1 atom stereocenters. The SMILES string of the molecule is CCC(CC)NC(=O)c1cnc(-c2cccc(-c3cc(C(=O)NC(C)C(C)C)n[nH]3)c2)o1. The Morgan fingerprint density at radius 2 is 1.75 bits per heavy atom. The van der Waals surface area contributed by atoms with Gasteiger partial charge in [0.2, 0.25) is 11.7 Å². The van der Waals surface area contributed by atoms with Gasteiger partial charge in [0.1, 0.15) is 0 Å². The van der Waals surface area contributed by atoms with Gasteiger partial charge in [-0.2, -0.15) is 5.10 Å². The molecule has 0 aliphatic carbocycles. The summed E-state index contributed by atoms with van der Waals surface area (Å²) in [6, 6.07) is 9.36. The maximum atomic E-state index is 12.4. The molecule has 0 aliphatic heterocycles. The van der Waals surface area contributed by atoms with Crippen molar-refractivity contribution in [1.29, 1.82) is 0 Å². The first kappa shape index (κ1) is 23.2. The number of H-pyrrole nitrogens is 1. The zero-order valence-electron chi connectivity index (χ0n) is 19.2. The zero-order chi connectivity index (χ0) is 23.3. The highest BCUT2D eigenvalue weighted by atomic mass is 16.4. The summed E-state index contributed by atoms with van der Waals surface area (Å²) in [5.41, 5.74) is 2.58. The second-order valence-corrected chi connectivity index (χ2v) is 8.27. The van der Waals surface area contributed by atoms with E-state index in [1.54, 1.807) is 6.07 Å². The predicted molar refractivity (Wildman–Crippen MR) is 123 cm³/mol. The number of carbonyl (C=O) groups excluding carboxylic acids is 2. The van der Waals surface area contributed by atoms with Crippen LogP contribution in [0.3, 0.4) is 0 Å². The number of carbonyl (C=O) groups is 2. The van der Waals surface area contributed by atoms with Gasteiger partial charge in [0.05, 0.1) is 11.9 Å². The van der Waals surface area contributed by atoms with Crippen LogP contribution >= 0.6 is 0 Å². The van der Waals surface area contributed by atoms with E-state index < -0.39 is 0 Å². The Kier molecular flexibility index (Phi) is 7.45. The van der Waals surface area contributed by atoms with Crippen LogP contribution in [0.4, 0.5) is 0 Å². The molecule has 3 rings (SSSR count). The number of nitrogens with zero attached hydrogens (tertiary/aromatic N) is 2. The molecule has 1 aromatic carbocycles. The fraction of sp³-hybridized carbons (Fsp3) is 0.417. The van der Waals surface area contributed by atoms with Crippen LogP contribution in [0.1, 0.15) is 68.5 Å². The molecule has 2 heterocycles. The number of aromatic amines is 1. The van der Waals surface area contributed by atoms with Crippen LogP contribution in [-0.4, -0.2) is 39.1 Å². The number of aromatic nitrogens is 3. The Labute approximate surface area is 188 Å². The quantitative estimate of drug-likeness (QED) is 0.458. The van der Waals surface area contributed by atoms with Crippen LogP contribution in [0.2, 0.25) is 0 Å². The van der Waals surface area contributed by atoms with Crippen molar-refractivity contribution in [2.45, 2.75) is 59.5 Å². The lowest BCUT2D eigenvalue weighted by Crippen LogP contribution is -2.36. The number of rotatable bonds is 9. The number of hydrogen-bond acceptors (Lipinski definition) is 5. The fourth-order valence-electron chi connectivity index (χ4n) is 3.11. The third kappa shape index (κ3) is 5.43. The summed E-state index contributed by atoms with van der Waals surface area (Å²) in [7, 11) is 0. The first-order valence-electron chi connectivity index (χ1n) is 11.1. The molecule has 1 unspecified atom stereocenters. The smallest absolute Gasteiger partial charge is 0.288 e. The minimum Gasteiger partial charge on any atom is -0.431 e. The summed E-state index contributed by atoms with van der Waals surface area (Å²) >= 11 is 0. The lowest BCUT2D eigenvalue weighted by molar-refractivity contribution is 0.0904. The van der Waals surface area contributed by atoms with Crippen molar-refractivity contribution >= 4 is 11.8 Å². The first-order valence-corrected chi connectivity index (χ1v) is 11.1. The fourth-order valence-corrected chi connectivity index (χ4v) is 3.11. The van der Waals surface area contributed by atoms with E-state index in [4.69, 9.17) is 4.42 Å². The molecule has 3 N–H and O–H groups in total. The van der Waals surface area contributed by atoms with Gasteiger partial charge in [-0.25, -0.2) is 4.98 Å². The summed E-state index contributed by atoms with van der Waals surface area (Å²) in [6.45, 7) is 10.1. The molecule has 2 amide bonds. The molecule has 0 radical (unpaired) electrons. The molecule has 32 heavy (non-hydrogen) atoms. The van der Waals surface area contributed by atoms with Gasteiger partial charge in [-0.05, 0) is 43.9 Å². The van der Waals surface area contributed by atoms with E-state index in [9.17, 15) is 9.59 Å². The highest BCUT2D eigenvalue weighted by Crippen LogP contribution is 2.25. The Morgan fingerprint density at radius 3 is 2.44 bits per heavy atom. The van der Waals surface area contributed by atoms with Crippen molar-refractivity contribution in [2.24, 2.45) is 5.92 Å². The van der Waals surface area contributed by atoms with Crippen LogP contribution < -0.4 is 10.6 Å². The minimum atomic E-state index is -0.270. The Morgan fingerprint density at radius 1 is 1.03 bits per heavy atom. The van der Waals surface area contributed by atoms with Gasteiger partial charge in [0, 0.05) is 23.2 Å². The van der Waals surface area contributed by atoms with Gasteiger partial charge in [0.15, 0.2) is 5.69 Å². The van der Waals surface area contributed by atoms with Crippen molar-refractivity contribution in [3.63, 3.8) is 0 Å². The van der Waals surface area contributed by atoms with E-state index >= 15 is 0 Å². The zero-order valence-corrected chi connectivity index (χ0v) is 19.2. The predicted octanol–water partition coefficient (Wildman–Crippen LogP) is 4.42. The molecule has 170 valence electrons. The molecule has 8 nitrogen and oxygen atoms in total. The van der Waals surface area contributed by atoms with E-state index in [0.717, 1.165) is 24.0 Å². The van der Waals surface area contributed by atoms with E-state index in [2.05, 4.69) is 39.7 Å². The Hall–Kier alpha value is -3.42. The van der Waals surface area contributed by atoms with E-state index in [1.165, 1.54) is 6.20 Å². The Bertz CT molecular complexity index is 996. The number of benzene rings is 1. The van der Waals surface area contributed by atoms with Crippen molar-refractivity contribution in [1.82, 2.24) is 25.8 Å². The molecule has 2 aromatic heterocycles. The molecule has 0 spiro atoms. The molecule has 0 fully saturated rings. The number of hydrogen-bond donors (Lipinski definition) is 3. The largest absolute Gasteiger partial charge is 0.431 e. The van der Waals surface area contributed by atoms with Gasteiger partial charge in [-0.15, -0.1) is 0 Å². The van der Waals surface area contributed by atoms with Crippen LogP contribution in [-0.2, 0) is 0 Å². The molecule has 0 saturated heterocycles. The van der Waals surface area contributed by atoms with Crippen LogP contribution in [0.25, 0.3) is 22.7 Å². The average Bonchev–Trinajstić information content (AvgIpc) is 3.47. The Balaban J connectivity index is 1.76. The summed E-state index contributed by atoms with van der Waals surface area (Å²) < 4.78 is 5.71. The molecule has 3 aromatic rings. The van der Waals surface area contributed by atoms with E-state index in [-0.39, 0.29) is 29.7 Å². The monoisotopic (exact) mass is 437 g/mol. The second kappa shape index (κ2) is 10.3. The molecular weight excluding hydrogens is 406 g/mol. The van der Waals surface area contributed by atoms with E-state index in [0.29, 0.717) is 23.2 Å². The topological polar surface area (TPSA) is 113 Å². The van der Waals surface area contributed by atoms with Crippen molar-refractivity contribution in [2.75, 3.05) is 0 Å². The van der Waals surface area contributed by atoms with Gasteiger partial charge in [-0.1, -0.05) is 39.8 Å². The molecule has 0 saturated carbocycles. The minimum absolute atomic E-state index is 0.0485. The van der Waals surface area contributed by atoms with Crippen LogP contribution in [0.15, 0.2) is 40.9 Å². The standard InChI is InChI=1S/C24H31N5O3/c1-6-18(7-2)27-23(31)21-13-25-24(32-21)17-10-8-9-16(11-17)19-12-20(29-28-19)22(30)26-15(5)14(3)4/h8-15,18H,6-7H2,1-5H3,(H,26,30)(H,27,31)(H,28,29). The van der Waals surface area contributed by atoms with Crippen LogP contribution in [0.5, 0.6) is 0 Å². The van der Waals surface area contributed by atoms with Gasteiger partial charge in [0.25, 0.3) is 11.8 Å². The number of amides is 2. The normalized spacial score (nSPS) is 12.2. The van der Waals surface area contributed by atoms with Crippen molar-refractivity contribution in [3.8, 4) is 22.7 Å². The molecular formula is C24H31N5O3. The van der Waals surface area contributed by atoms with Gasteiger partial charge >= 0.3 is 0 Å². The van der Waals surface area contributed by atoms with Crippen molar-refractivity contribution < 1.29 is 14.0 Å². The number of nitrogens with one attached hydrogen (secondary N) is 3. The lowest BCUT2D eigenvalue weighted by Gasteiger charge is -2.16. The summed E-state index contributed by atoms with van der Waals surface area (Å²) in [5.74, 6) is 0.373. The third-order valence-electron chi connectivity index (χ3n) is 5.64. The lowest BCUT2D eigenvalue weighted by atomic mass is 10.1. The number of oxazole rings is 1. The average molecular weight is 438 g/mol. The molecule has 8 heteroatoms. The maximum absolute atomic E-state index is 12.4. The second-order valence-electron chi connectivity index (χ2n) is 8.27. The van der Waals surface area contributed by atoms with Gasteiger partial charge < -0.3 is 15.1 Å². The highest BCUT2D eigenvalue weighted by molar-refractivity contribution is 5.93. The van der Waals surface area contributed by atoms with E-state index in [1.807, 2.05) is 45.0 Å².